The third-order valence-corrected chi connectivity index (χ3v) is 13.7. The highest BCUT2D eigenvalue weighted by atomic mass is 32.2. The molecule has 5 aromatic rings. The molecule has 2 N–H and O–H groups in total. The van der Waals surface area contributed by atoms with Crippen molar-refractivity contribution in [3.8, 4) is 11.4 Å². The summed E-state index contributed by atoms with van der Waals surface area (Å²) in [5.74, 6) is -4.97. The SMILES string of the molecule is CC(Cc1cccc([C@@]2(C)CCCC(C)(C)CS(=O)(=O)CCc3c(c(F)c(F)c4[nH]ccc34)S(=O)c3ccc(F)c(c3)-c3nc2nn3C)c1)C(=O)O. The van der Waals surface area contributed by atoms with Gasteiger partial charge in [0.1, 0.15) is 5.82 Å². The molecule has 1 aliphatic heterocycles. The number of sulfone groups is 1. The Balaban J connectivity index is 1.54. The summed E-state index contributed by atoms with van der Waals surface area (Å²) < 4.78 is 89.9. The third kappa shape index (κ3) is 7.19. The van der Waals surface area contributed by atoms with Crippen molar-refractivity contribution in [3.05, 3.63) is 94.7 Å². The maximum absolute atomic E-state index is 15.9. The van der Waals surface area contributed by atoms with E-state index in [0.29, 0.717) is 31.5 Å². The van der Waals surface area contributed by atoms with E-state index in [9.17, 15) is 22.5 Å². The van der Waals surface area contributed by atoms with E-state index < -0.39 is 71.5 Å². The number of aryl methyl sites for hydroxylation is 2. The van der Waals surface area contributed by atoms with E-state index in [1.165, 1.54) is 29.1 Å². The van der Waals surface area contributed by atoms with Gasteiger partial charge < -0.3 is 10.1 Å². The fourth-order valence-corrected chi connectivity index (χ4v) is 10.6. The fraction of sp³-hybridized carbons (Fsp3) is 0.395. The molecule has 4 bridgehead atoms. The van der Waals surface area contributed by atoms with Gasteiger partial charge >= 0.3 is 5.97 Å². The zero-order valence-corrected chi connectivity index (χ0v) is 31.2. The summed E-state index contributed by atoms with van der Waals surface area (Å²) in [6.07, 6.45) is 3.01. The predicted molar refractivity (Wildman–Crippen MR) is 193 cm³/mol. The van der Waals surface area contributed by atoms with Crippen molar-refractivity contribution in [2.45, 2.75) is 75.0 Å². The zero-order chi connectivity index (χ0) is 37.7. The minimum atomic E-state index is -3.76. The Hall–Kier alpha value is -4.30. The number of aromatic amines is 1. The van der Waals surface area contributed by atoms with Crippen LogP contribution in [0.3, 0.4) is 0 Å². The summed E-state index contributed by atoms with van der Waals surface area (Å²) in [5, 5.41) is 14.5. The van der Waals surface area contributed by atoms with E-state index in [1.807, 2.05) is 45.0 Å². The average molecular weight is 755 g/mol. The van der Waals surface area contributed by atoms with Crippen LogP contribution in [0.4, 0.5) is 13.2 Å². The molecule has 0 amide bonds. The number of nitrogens with one attached hydrogen (secondary N) is 1. The molecule has 14 heteroatoms. The molecule has 276 valence electrons. The van der Waals surface area contributed by atoms with Gasteiger partial charge in [-0.2, -0.15) is 5.10 Å². The van der Waals surface area contributed by atoms with Crippen LogP contribution in [0.25, 0.3) is 22.3 Å². The van der Waals surface area contributed by atoms with Crippen molar-refractivity contribution in [2.24, 2.45) is 18.4 Å². The summed E-state index contributed by atoms with van der Waals surface area (Å²) in [4.78, 5) is 18.6. The number of benzene rings is 3. The lowest BCUT2D eigenvalue weighted by atomic mass is 9.75. The number of aromatic nitrogens is 4. The van der Waals surface area contributed by atoms with Crippen molar-refractivity contribution in [1.82, 2.24) is 19.7 Å². The van der Waals surface area contributed by atoms with Crippen molar-refractivity contribution < 1.29 is 35.7 Å². The quantitative estimate of drug-likeness (QED) is 0.197. The molecule has 0 radical (unpaired) electrons. The van der Waals surface area contributed by atoms with Crippen molar-refractivity contribution >= 4 is 37.5 Å². The number of aliphatic carboxylic acids is 1. The van der Waals surface area contributed by atoms with Crippen LogP contribution < -0.4 is 0 Å². The van der Waals surface area contributed by atoms with Gasteiger partial charge in [-0.15, -0.1) is 0 Å². The number of H-pyrrole nitrogens is 1. The maximum Gasteiger partial charge on any atom is 0.306 e. The number of rotatable bonds is 4. The first-order chi connectivity index (χ1) is 24.4. The standard InChI is InChI=1S/C38H41F3N4O5S2/c1-22(35(46)47)18-23-8-6-9-24(19-23)38(4)15-7-14-37(2,3)21-52(49,50)17-13-27-26-12-16-42-32(26)30(40)31(41)33(27)51(48)25-10-11-29(39)28(20-25)34-43-36(38)44-45(34)5/h6,8-12,16,19-20,22,42H,7,13-15,17-18,21H2,1-5H3,(H,46,47)/t22?,38-,51?/m1/s1. The second-order valence-electron chi connectivity index (χ2n) is 14.8. The summed E-state index contributed by atoms with van der Waals surface area (Å²) >= 11 is 0. The average Bonchev–Trinajstić information content (AvgIpc) is 3.72. The lowest BCUT2D eigenvalue weighted by Gasteiger charge is -2.31. The van der Waals surface area contributed by atoms with E-state index in [0.717, 1.165) is 17.2 Å². The molecule has 0 fully saturated rings. The van der Waals surface area contributed by atoms with Gasteiger partial charge in [-0.05, 0) is 79.0 Å². The molecule has 0 spiro atoms. The molecule has 6 rings (SSSR count). The minimum absolute atomic E-state index is 0.0384. The van der Waals surface area contributed by atoms with E-state index in [-0.39, 0.29) is 44.9 Å². The van der Waals surface area contributed by atoms with Crippen LogP contribution in [0.15, 0.2) is 64.5 Å². The number of fused-ring (bicyclic) bond motifs is 8. The van der Waals surface area contributed by atoms with Crippen molar-refractivity contribution in [2.75, 3.05) is 11.5 Å². The number of hydrogen-bond acceptors (Lipinski definition) is 6. The molecule has 0 saturated heterocycles. The lowest BCUT2D eigenvalue weighted by molar-refractivity contribution is -0.141. The fourth-order valence-electron chi connectivity index (χ4n) is 7.26. The van der Waals surface area contributed by atoms with Crippen molar-refractivity contribution in [3.63, 3.8) is 0 Å². The molecule has 3 aromatic carbocycles. The monoisotopic (exact) mass is 754 g/mol. The highest BCUT2D eigenvalue weighted by Crippen LogP contribution is 2.40. The van der Waals surface area contributed by atoms with Gasteiger partial charge in [0.05, 0.1) is 49.6 Å². The number of carbonyl (C=O) groups is 1. The largest absolute Gasteiger partial charge is 0.481 e. The minimum Gasteiger partial charge on any atom is -0.481 e. The summed E-state index contributed by atoms with van der Waals surface area (Å²) in [7, 11) is -4.56. The molecule has 3 atom stereocenters. The normalized spacial score (nSPS) is 21.2. The van der Waals surface area contributed by atoms with E-state index in [4.69, 9.17) is 10.1 Å². The van der Waals surface area contributed by atoms with E-state index in [2.05, 4.69) is 4.98 Å². The molecule has 3 heterocycles. The first-order valence-electron chi connectivity index (χ1n) is 17.0. The van der Waals surface area contributed by atoms with Gasteiger partial charge in [-0.1, -0.05) is 51.5 Å². The molecule has 2 aromatic heterocycles. The van der Waals surface area contributed by atoms with Gasteiger partial charge in [-0.3, -0.25) is 4.79 Å². The van der Waals surface area contributed by atoms with Gasteiger partial charge in [0.25, 0.3) is 0 Å². The van der Waals surface area contributed by atoms with Crippen LogP contribution in [-0.4, -0.2) is 55.0 Å². The molecule has 1 aliphatic rings. The second kappa shape index (κ2) is 13.9. The highest BCUT2D eigenvalue weighted by molar-refractivity contribution is 7.91. The summed E-state index contributed by atoms with van der Waals surface area (Å²) in [6.45, 7) is 7.31. The lowest BCUT2D eigenvalue weighted by Crippen LogP contribution is -2.29. The number of carboxylic acids is 1. The number of carboxylic acid groups (broad SMARTS) is 1. The molecule has 0 saturated carbocycles. The highest BCUT2D eigenvalue weighted by Gasteiger charge is 2.37. The van der Waals surface area contributed by atoms with Crippen LogP contribution in [0.1, 0.15) is 69.5 Å². The smallest absolute Gasteiger partial charge is 0.306 e. The molecular formula is C38H41F3N4O5S2. The Morgan fingerprint density at radius 3 is 2.56 bits per heavy atom. The number of nitrogens with zero attached hydrogens (tertiary/aromatic N) is 3. The Kier molecular flexibility index (Phi) is 10.0. The molecule has 52 heavy (non-hydrogen) atoms. The zero-order valence-electron chi connectivity index (χ0n) is 29.6. The molecule has 0 aliphatic carbocycles. The maximum atomic E-state index is 15.9. The van der Waals surface area contributed by atoms with Crippen molar-refractivity contribution in [1.29, 1.82) is 0 Å². The van der Waals surface area contributed by atoms with Crippen LogP contribution >= 0.6 is 0 Å². The van der Waals surface area contributed by atoms with E-state index in [1.54, 1.807) is 14.0 Å². The topological polar surface area (TPSA) is 135 Å². The Labute approximate surface area is 303 Å². The molecule has 9 nitrogen and oxygen atoms in total. The van der Waals surface area contributed by atoms with Crippen LogP contribution in [0.2, 0.25) is 0 Å². The van der Waals surface area contributed by atoms with Gasteiger partial charge in [0.2, 0.25) is 0 Å². The Morgan fingerprint density at radius 2 is 1.83 bits per heavy atom. The molecule has 2 unspecified atom stereocenters. The number of halogens is 3. The van der Waals surface area contributed by atoms with Crippen LogP contribution in [-0.2, 0) is 50.7 Å². The predicted octanol–water partition coefficient (Wildman–Crippen LogP) is 7.28. The first-order valence-corrected chi connectivity index (χ1v) is 20.0. The van der Waals surface area contributed by atoms with Crippen LogP contribution in [0.5, 0.6) is 0 Å². The Morgan fingerprint density at radius 1 is 1.08 bits per heavy atom. The van der Waals surface area contributed by atoms with E-state index >= 15 is 13.2 Å². The number of hydrogen-bond donors (Lipinski definition) is 2. The molecular weight excluding hydrogens is 714 g/mol. The summed E-state index contributed by atoms with van der Waals surface area (Å²) in [5.41, 5.74) is -0.0810. The van der Waals surface area contributed by atoms with Crippen LogP contribution in [0, 0.1) is 28.8 Å². The van der Waals surface area contributed by atoms with Gasteiger partial charge in [-0.25, -0.2) is 35.5 Å². The van der Waals surface area contributed by atoms with Gasteiger partial charge in [0.15, 0.2) is 33.1 Å². The third-order valence-electron chi connectivity index (χ3n) is 10.1. The Bertz CT molecular complexity index is 2340. The second-order valence-corrected chi connectivity index (χ2v) is 18.4. The summed E-state index contributed by atoms with van der Waals surface area (Å²) in [6, 6.07) is 12.6. The first kappa shape index (κ1) is 37.5. The van der Waals surface area contributed by atoms with Gasteiger partial charge in [0, 0.05) is 23.5 Å².